The highest BCUT2D eigenvalue weighted by molar-refractivity contribution is 7.98. The minimum Gasteiger partial charge on any atom is -0.329 e. The van der Waals surface area contributed by atoms with Gasteiger partial charge in [-0.2, -0.15) is 11.8 Å². The van der Waals surface area contributed by atoms with E-state index in [2.05, 4.69) is 32.3 Å². The van der Waals surface area contributed by atoms with Gasteiger partial charge in [0.05, 0.1) is 16.5 Å². The molecular weight excluding hydrogens is 448 g/mol. The van der Waals surface area contributed by atoms with Crippen molar-refractivity contribution in [2.75, 3.05) is 12.0 Å². The van der Waals surface area contributed by atoms with Gasteiger partial charge in [-0.05, 0) is 55.9 Å². The summed E-state index contributed by atoms with van der Waals surface area (Å²) in [5.41, 5.74) is 4.74. The lowest BCUT2D eigenvalue weighted by Crippen LogP contribution is -2.35. The number of aromatic nitrogens is 5. The smallest absolute Gasteiger partial charge is 0.262 e. The van der Waals surface area contributed by atoms with E-state index in [-0.39, 0.29) is 11.8 Å². The van der Waals surface area contributed by atoms with Crippen molar-refractivity contribution < 1.29 is 9.59 Å². The summed E-state index contributed by atoms with van der Waals surface area (Å²) in [6.07, 6.45) is 4.26. The summed E-state index contributed by atoms with van der Waals surface area (Å²) in [5, 5.41) is 5.68. The lowest BCUT2D eigenvalue weighted by Gasteiger charge is -2.23. The van der Waals surface area contributed by atoms with Crippen molar-refractivity contribution in [3.05, 3.63) is 58.8 Å². The number of carbonyl (C=O) groups is 2. The van der Waals surface area contributed by atoms with Gasteiger partial charge in [0.2, 0.25) is 0 Å². The summed E-state index contributed by atoms with van der Waals surface area (Å²) in [6.45, 7) is 9.43. The van der Waals surface area contributed by atoms with Crippen molar-refractivity contribution in [2.24, 2.45) is 5.92 Å². The van der Waals surface area contributed by atoms with Crippen LogP contribution in [0.1, 0.15) is 64.1 Å². The van der Waals surface area contributed by atoms with Crippen LogP contribution in [-0.4, -0.2) is 52.9 Å². The van der Waals surface area contributed by atoms with Crippen LogP contribution in [0.3, 0.4) is 0 Å². The van der Waals surface area contributed by atoms with Gasteiger partial charge in [0, 0.05) is 12.2 Å². The Balaban J connectivity index is 1.65. The Morgan fingerprint density at radius 1 is 1.03 bits per heavy atom. The van der Waals surface area contributed by atoms with Gasteiger partial charge in [0.15, 0.2) is 11.5 Å². The molecule has 8 nitrogen and oxygen atoms in total. The van der Waals surface area contributed by atoms with Crippen LogP contribution in [-0.2, 0) is 6.54 Å². The Kier molecular flexibility index (Phi) is 5.67. The minimum atomic E-state index is -0.547. The van der Waals surface area contributed by atoms with E-state index in [1.807, 2.05) is 6.26 Å². The molecule has 0 bridgehead atoms. The average Bonchev–Trinajstić information content (AvgIpc) is 3.43. The molecule has 1 aliphatic rings. The zero-order valence-electron chi connectivity index (χ0n) is 20.1. The lowest BCUT2D eigenvalue weighted by atomic mass is 10.1. The number of benzene rings is 1. The number of fused-ring (bicyclic) bond motifs is 4. The number of carbonyl (C=O) groups excluding carboxylic acids is 2. The first-order valence-electron chi connectivity index (χ1n) is 11.5. The molecule has 4 heterocycles. The maximum absolute atomic E-state index is 13.2. The molecule has 2 amide bonds. The van der Waals surface area contributed by atoms with Crippen LogP contribution in [0.15, 0.2) is 30.6 Å². The summed E-state index contributed by atoms with van der Waals surface area (Å²) in [5.74, 6) is 1.13. The summed E-state index contributed by atoms with van der Waals surface area (Å²) >= 11 is 1.67. The highest BCUT2D eigenvalue weighted by Gasteiger charge is 2.41. The number of rotatable bonds is 7. The van der Waals surface area contributed by atoms with E-state index in [0.717, 1.165) is 34.6 Å². The molecule has 0 radical (unpaired) electrons. The van der Waals surface area contributed by atoms with Gasteiger partial charge in [0.1, 0.15) is 18.0 Å². The molecule has 0 unspecified atom stereocenters. The number of amides is 2. The molecule has 9 heteroatoms. The first-order valence-corrected chi connectivity index (χ1v) is 12.9. The zero-order valence-corrected chi connectivity index (χ0v) is 20.9. The van der Waals surface area contributed by atoms with E-state index in [0.29, 0.717) is 34.9 Å². The predicted molar refractivity (Wildman–Crippen MR) is 133 cm³/mol. The standard InChI is InChI=1S/C25H28N6O2S/c1-14(2)12-29-16(4)15(3)20-22(29)26-13-30-23(20)27-21(28-30)19(10-11-34-5)31-24(32)17-8-6-7-9-18(17)25(31)33/h6-9,13-14,19H,10-12H2,1-5H3/t19-/m0/s1. The highest BCUT2D eigenvalue weighted by Crippen LogP contribution is 2.34. The molecule has 1 aliphatic heterocycles. The number of hydrogen-bond acceptors (Lipinski definition) is 6. The topological polar surface area (TPSA) is 85.4 Å². The molecule has 0 saturated heterocycles. The molecule has 3 aromatic heterocycles. The van der Waals surface area contributed by atoms with E-state index in [1.165, 1.54) is 4.90 Å². The molecule has 34 heavy (non-hydrogen) atoms. The quantitative estimate of drug-likeness (QED) is 0.367. The SMILES string of the molecule is CSCC[C@@H](c1nc2c3c(C)c(C)n(CC(C)C)c3ncn2n1)N1C(=O)c2ccccc2C1=O. The molecular formula is C25H28N6O2S. The summed E-state index contributed by atoms with van der Waals surface area (Å²) in [4.78, 5) is 37.4. The second-order valence-electron chi connectivity index (χ2n) is 9.22. The first kappa shape index (κ1) is 22.6. The third kappa shape index (κ3) is 3.41. The van der Waals surface area contributed by atoms with Crippen molar-refractivity contribution in [2.45, 2.75) is 46.7 Å². The number of hydrogen-bond donors (Lipinski definition) is 0. The Bertz CT molecular complexity index is 1400. The van der Waals surface area contributed by atoms with Crippen LogP contribution < -0.4 is 0 Å². The molecule has 0 fully saturated rings. The molecule has 1 aromatic carbocycles. The Hall–Kier alpha value is -3.20. The fraction of sp³-hybridized carbons (Fsp3) is 0.400. The summed E-state index contributed by atoms with van der Waals surface area (Å²) in [7, 11) is 0. The molecule has 176 valence electrons. The van der Waals surface area contributed by atoms with Gasteiger partial charge >= 0.3 is 0 Å². The Labute approximate surface area is 202 Å². The molecule has 0 N–H and O–H groups in total. The predicted octanol–water partition coefficient (Wildman–Crippen LogP) is 4.44. The third-order valence-electron chi connectivity index (χ3n) is 6.54. The van der Waals surface area contributed by atoms with Gasteiger partial charge in [-0.3, -0.25) is 14.5 Å². The van der Waals surface area contributed by atoms with Gasteiger partial charge in [-0.15, -0.1) is 5.10 Å². The molecule has 0 saturated carbocycles. The fourth-order valence-corrected chi connectivity index (χ4v) is 5.23. The first-order chi connectivity index (χ1) is 16.3. The van der Waals surface area contributed by atoms with E-state index >= 15 is 0 Å². The minimum absolute atomic E-state index is 0.288. The van der Waals surface area contributed by atoms with Gasteiger partial charge < -0.3 is 4.57 Å². The number of thioether (sulfide) groups is 1. The lowest BCUT2D eigenvalue weighted by molar-refractivity contribution is 0.0571. The Morgan fingerprint density at radius 2 is 1.71 bits per heavy atom. The Morgan fingerprint density at radius 3 is 2.32 bits per heavy atom. The van der Waals surface area contributed by atoms with Gasteiger partial charge in [-0.1, -0.05) is 26.0 Å². The summed E-state index contributed by atoms with van der Waals surface area (Å²) < 4.78 is 3.91. The van der Waals surface area contributed by atoms with Crippen LogP contribution >= 0.6 is 11.8 Å². The third-order valence-corrected chi connectivity index (χ3v) is 7.18. The van der Waals surface area contributed by atoms with Gasteiger partial charge in [-0.25, -0.2) is 14.5 Å². The van der Waals surface area contributed by atoms with E-state index in [4.69, 9.17) is 15.1 Å². The average molecular weight is 477 g/mol. The van der Waals surface area contributed by atoms with Crippen molar-refractivity contribution >= 4 is 40.3 Å². The van der Waals surface area contributed by atoms with E-state index in [1.54, 1.807) is 46.9 Å². The van der Waals surface area contributed by atoms with Gasteiger partial charge in [0.25, 0.3) is 11.8 Å². The van der Waals surface area contributed by atoms with Crippen LogP contribution in [0.25, 0.3) is 16.7 Å². The largest absolute Gasteiger partial charge is 0.329 e. The summed E-state index contributed by atoms with van der Waals surface area (Å²) in [6, 6.07) is 6.42. The zero-order chi connectivity index (χ0) is 24.1. The maximum Gasteiger partial charge on any atom is 0.262 e. The van der Waals surface area contributed by atoms with E-state index < -0.39 is 6.04 Å². The van der Waals surface area contributed by atoms with Crippen molar-refractivity contribution in [1.29, 1.82) is 0 Å². The molecule has 0 spiro atoms. The molecule has 5 rings (SSSR count). The van der Waals surface area contributed by atoms with Crippen LogP contribution in [0.5, 0.6) is 0 Å². The monoisotopic (exact) mass is 476 g/mol. The normalized spacial score (nSPS) is 14.7. The van der Waals surface area contributed by atoms with Crippen molar-refractivity contribution in [1.82, 2.24) is 29.0 Å². The molecule has 1 atom stereocenters. The van der Waals surface area contributed by atoms with Crippen molar-refractivity contribution in [3.8, 4) is 0 Å². The molecule has 0 aliphatic carbocycles. The number of imide groups is 1. The van der Waals surface area contributed by atoms with Crippen LogP contribution in [0, 0.1) is 19.8 Å². The van der Waals surface area contributed by atoms with E-state index in [9.17, 15) is 9.59 Å². The highest BCUT2D eigenvalue weighted by atomic mass is 32.2. The van der Waals surface area contributed by atoms with Crippen LogP contribution in [0.2, 0.25) is 0 Å². The number of aryl methyl sites for hydroxylation is 1. The van der Waals surface area contributed by atoms with Crippen LogP contribution in [0.4, 0.5) is 0 Å². The second kappa shape index (κ2) is 8.54. The second-order valence-corrected chi connectivity index (χ2v) is 10.2. The maximum atomic E-state index is 13.2. The molecule has 4 aromatic rings. The van der Waals surface area contributed by atoms with Crippen molar-refractivity contribution in [3.63, 3.8) is 0 Å². The number of nitrogens with zero attached hydrogens (tertiary/aromatic N) is 6. The fourth-order valence-electron chi connectivity index (χ4n) is 4.77.